The van der Waals surface area contributed by atoms with Gasteiger partial charge in [-0.25, -0.2) is 12.7 Å². The fourth-order valence-electron chi connectivity index (χ4n) is 2.85. The zero-order chi connectivity index (χ0) is 12.3. The summed E-state index contributed by atoms with van der Waals surface area (Å²) in [6.07, 6.45) is 4.19. The Morgan fingerprint density at radius 1 is 1.24 bits per heavy atom. The average Bonchev–Trinajstić information content (AvgIpc) is 2.30. The second kappa shape index (κ2) is 5.67. The highest BCUT2D eigenvalue weighted by Gasteiger charge is 2.29. The summed E-state index contributed by atoms with van der Waals surface area (Å²) in [4.78, 5) is 0. The fourth-order valence-corrected chi connectivity index (χ4v) is 4.88. The predicted molar refractivity (Wildman–Crippen MR) is 69.4 cm³/mol. The Labute approximate surface area is 105 Å². The minimum Gasteiger partial charge on any atom is -0.317 e. The Bertz CT molecular complexity index is 336. The zero-order valence-electron chi connectivity index (χ0n) is 10.7. The molecule has 1 atom stereocenters. The molecule has 0 radical (unpaired) electrons. The van der Waals surface area contributed by atoms with Crippen molar-refractivity contribution >= 4 is 10.0 Å². The van der Waals surface area contributed by atoms with Crippen LogP contribution >= 0.6 is 0 Å². The number of hydrogen-bond donors (Lipinski definition) is 1. The van der Waals surface area contributed by atoms with Crippen molar-refractivity contribution in [2.45, 2.75) is 32.6 Å². The molecular formula is C12H24N2O2S. The Kier molecular flexibility index (Phi) is 4.44. The van der Waals surface area contributed by atoms with Gasteiger partial charge in [0.05, 0.1) is 5.75 Å². The summed E-state index contributed by atoms with van der Waals surface area (Å²) in [5, 5.41) is 3.28. The lowest BCUT2D eigenvalue weighted by Gasteiger charge is -2.32. The van der Waals surface area contributed by atoms with Crippen molar-refractivity contribution in [3.05, 3.63) is 0 Å². The summed E-state index contributed by atoms with van der Waals surface area (Å²) < 4.78 is 26.3. The molecule has 2 rings (SSSR count). The lowest BCUT2D eigenvalue weighted by Crippen LogP contribution is -2.42. The Morgan fingerprint density at radius 2 is 1.94 bits per heavy atom. The van der Waals surface area contributed by atoms with Crippen LogP contribution in [0.4, 0.5) is 0 Å². The second-order valence-corrected chi connectivity index (χ2v) is 7.59. The van der Waals surface area contributed by atoms with Gasteiger partial charge in [-0.1, -0.05) is 6.92 Å². The number of nitrogens with one attached hydrogen (secondary N) is 1. The van der Waals surface area contributed by atoms with Gasteiger partial charge in [0.1, 0.15) is 0 Å². The van der Waals surface area contributed by atoms with Crippen molar-refractivity contribution in [1.82, 2.24) is 9.62 Å². The van der Waals surface area contributed by atoms with Crippen molar-refractivity contribution in [1.29, 1.82) is 0 Å². The van der Waals surface area contributed by atoms with Gasteiger partial charge in [0.15, 0.2) is 0 Å². The summed E-state index contributed by atoms with van der Waals surface area (Å²) >= 11 is 0. The van der Waals surface area contributed by atoms with Gasteiger partial charge in [0.2, 0.25) is 10.0 Å². The molecule has 0 saturated carbocycles. The van der Waals surface area contributed by atoms with Gasteiger partial charge in [0, 0.05) is 13.1 Å². The molecule has 0 amide bonds. The normalized spacial score (nSPS) is 29.4. The van der Waals surface area contributed by atoms with Gasteiger partial charge in [-0.2, -0.15) is 0 Å². The second-order valence-electron chi connectivity index (χ2n) is 5.58. The fraction of sp³-hybridized carbons (Fsp3) is 1.00. The van der Waals surface area contributed by atoms with Crippen LogP contribution in [0, 0.1) is 11.8 Å². The van der Waals surface area contributed by atoms with Crippen molar-refractivity contribution in [2.75, 3.05) is 31.9 Å². The van der Waals surface area contributed by atoms with Crippen molar-refractivity contribution in [2.24, 2.45) is 11.8 Å². The molecule has 0 aromatic rings. The molecule has 2 aliphatic heterocycles. The van der Waals surface area contributed by atoms with Crippen molar-refractivity contribution in [3.8, 4) is 0 Å². The highest BCUT2D eigenvalue weighted by molar-refractivity contribution is 7.89. The lowest BCUT2D eigenvalue weighted by molar-refractivity contribution is 0.277. The molecule has 0 bridgehead atoms. The quantitative estimate of drug-likeness (QED) is 0.825. The van der Waals surface area contributed by atoms with Gasteiger partial charge >= 0.3 is 0 Å². The molecule has 17 heavy (non-hydrogen) atoms. The van der Waals surface area contributed by atoms with E-state index in [0.717, 1.165) is 45.4 Å². The van der Waals surface area contributed by atoms with E-state index in [4.69, 9.17) is 0 Å². The first-order chi connectivity index (χ1) is 8.08. The van der Waals surface area contributed by atoms with E-state index < -0.39 is 10.0 Å². The SMILES string of the molecule is C[C@@H]1CCCN(S(=O)(=O)CC2CCNCC2)C1. The van der Waals surface area contributed by atoms with Gasteiger partial charge in [-0.05, 0) is 50.6 Å². The first-order valence-corrected chi connectivity index (χ1v) is 8.37. The largest absolute Gasteiger partial charge is 0.317 e. The Balaban J connectivity index is 1.92. The molecule has 0 aromatic heterocycles. The molecule has 0 aromatic carbocycles. The topological polar surface area (TPSA) is 49.4 Å². The minimum absolute atomic E-state index is 0.360. The maximum Gasteiger partial charge on any atom is 0.214 e. The molecule has 0 unspecified atom stereocenters. The molecule has 100 valence electrons. The van der Waals surface area contributed by atoms with Crippen LogP contribution in [0.15, 0.2) is 0 Å². The first-order valence-electron chi connectivity index (χ1n) is 6.76. The summed E-state index contributed by atoms with van der Waals surface area (Å²) in [6, 6.07) is 0. The summed E-state index contributed by atoms with van der Waals surface area (Å²) in [5.74, 6) is 1.24. The molecule has 2 aliphatic rings. The highest BCUT2D eigenvalue weighted by Crippen LogP contribution is 2.22. The number of nitrogens with zero attached hydrogens (tertiary/aromatic N) is 1. The average molecular weight is 260 g/mol. The molecule has 0 aliphatic carbocycles. The first kappa shape index (κ1) is 13.3. The maximum atomic E-state index is 12.3. The molecule has 4 nitrogen and oxygen atoms in total. The Hall–Kier alpha value is -0.130. The molecule has 1 N–H and O–H groups in total. The van der Waals surface area contributed by atoms with Crippen LogP contribution in [0.5, 0.6) is 0 Å². The summed E-state index contributed by atoms with van der Waals surface area (Å²) in [6.45, 7) is 5.55. The van der Waals surface area contributed by atoms with Crippen LogP contribution < -0.4 is 5.32 Å². The third-order valence-corrected chi connectivity index (χ3v) is 5.93. The van der Waals surface area contributed by atoms with Crippen LogP contribution in [-0.4, -0.2) is 44.7 Å². The van der Waals surface area contributed by atoms with E-state index >= 15 is 0 Å². The summed E-state index contributed by atoms with van der Waals surface area (Å²) in [7, 11) is -3.01. The maximum absolute atomic E-state index is 12.3. The van der Waals surface area contributed by atoms with E-state index in [9.17, 15) is 8.42 Å². The number of rotatable bonds is 3. The van der Waals surface area contributed by atoms with Gasteiger partial charge in [0.25, 0.3) is 0 Å². The van der Waals surface area contributed by atoms with Gasteiger partial charge in [-0.15, -0.1) is 0 Å². The van der Waals surface area contributed by atoms with E-state index in [1.165, 1.54) is 6.42 Å². The van der Waals surface area contributed by atoms with E-state index in [1.54, 1.807) is 4.31 Å². The monoisotopic (exact) mass is 260 g/mol. The van der Waals surface area contributed by atoms with Crippen molar-refractivity contribution in [3.63, 3.8) is 0 Å². The standard InChI is InChI=1S/C12H24N2O2S/c1-11-3-2-8-14(9-11)17(15,16)10-12-4-6-13-7-5-12/h11-13H,2-10H2,1H3/t11-/m1/s1. The van der Waals surface area contributed by atoms with Gasteiger partial charge < -0.3 is 5.32 Å². The van der Waals surface area contributed by atoms with Crippen LogP contribution in [0.1, 0.15) is 32.6 Å². The molecule has 2 fully saturated rings. The number of sulfonamides is 1. The van der Waals surface area contributed by atoms with Gasteiger partial charge in [-0.3, -0.25) is 0 Å². The van der Waals surface area contributed by atoms with Crippen LogP contribution in [0.25, 0.3) is 0 Å². The number of hydrogen-bond acceptors (Lipinski definition) is 3. The van der Waals surface area contributed by atoms with Crippen LogP contribution in [0.3, 0.4) is 0 Å². The molecule has 2 heterocycles. The zero-order valence-corrected chi connectivity index (χ0v) is 11.5. The minimum atomic E-state index is -3.01. The van der Waals surface area contributed by atoms with Crippen molar-refractivity contribution < 1.29 is 8.42 Å². The predicted octanol–water partition coefficient (Wildman–Crippen LogP) is 1.05. The van der Waals surface area contributed by atoms with E-state index in [-0.39, 0.29) is 0 Å². The van der Waals surface area contributed by atoms with E-state index in [2.05, 4.69) is 12.2 Å². The van der Waals surface area contributed by atoms with E-state index in [0.29, 0.717) is 17.6 Å². The summed E-state index contributed by atoms with van der Waals surface area (Å²) in [5.41, 5.74) is 0. The van der Waals surface area contributed by atoms with E-state index in [1.807, 2.05) is 0 Å². The molecule has 2 saturated heterocycles. The number of piperidine rings is 2. The van der Waals surface area contributed by atoms with Crippen LogP contribution in [0.2, 0.25) is 0 Å². The smallest absolute Gasteiger partial charge is 0.214 e. The third-order valence-electron chi connectivity index (χ3n) is 3.92. The molecule has 5 heteroatoms. The van der Waals surface area contributed by atoms with Crippen LogP contribution in [-0.2, 0) is 10.0 Å². The third kappa shape index (κ3) is 3.66. The highest BCUT2D eigenvalue weighted by atomic mass is 32.2. The molecular weight excluding hydrogens is 236 g/mol. The Morgan fingerprint density at radius 3 is 2.59 bits per heavy atom. The lowest BCUT2D eigenvalue weighted by atomic mass is 10.0. The molecule has 0 spiro atoms.